The summed E-state index contributed by atoms with van der Waals surface area (Å²) in [6.45, 7) is 1.28. The number of rotatable bonds is 6. The second-order valence-corrected chi connectivity index (χ2v) is 3.91. The van der Waals surface area contributed by atoms with Crippen LogP contribution in [0.3, 0.4) is 0 Å². The molecule has 1 aliphatic rings. The summed E-state index contributed by atoms with van der Waals surface area (Å²) in [6, 6.07) is 0. The maximum atomic E-state index is 5.78. The molecule has 1 saturated carbocycles. The normalized spacial score (nSPS) is 21.0. The molecule has 84 valence electrons. The highest BCUT2D eigenvalue weighted by molar-refractivity contribution is 4.66. The minimum atomic E-state index is 0.0851. The standard InChI is InChI=1S/C11H22O3/c1-12-8-11(13-2)9-14-10-6-4-3-5-7-10/h10-11H,3-9H2,1-2H3/t11-/m0/s1. The minimum absolute atomic E-state index is 0.0851. The number of hydrogen-bond acceptors (Lipinski definition) is 3. The third-order valence-corrected chi connectivity index (χ3v) is 2.76. The van der Waals surface area contributed by atoms with Crippen LogP contribution in [0.4, 0.5) is 0 Å². The zero-order valence-electron chi connectivity index (χ0n) is 9.33. The lowest BCUT2D eigenvalue weighted by atomic mass is 9.98. The Bertz CT molecular complexity index is 128. The highest BCUT2D eigenvalue weighted by atomic mass is 16.6. The van der Waals surface area contributed by atoms with Gasteiger partial charge < -0.3 is 14.2 Å². The summed E-state index contributed by atoms with van der Waals surface area (Å²) in [5.41, 5.74) is 0. The van der Waals surface area contributed by atoms with Crippen molar-refractivity contribution in [3.8, 4) is 0 Å². The van der Waals surface area contributed by atoms with E-state index in [4.69, 9.17) is 14.2 Å². The van der Waals surface area contributed by atoms with Gasteiger partial charge in [-0.1, -0.05) is 19.3 Å². The van der Waals surface area contributed by atoms with Gasteiger partial charge in [-0.3, -0.25) is 0 Å². The molecule has 0 aromatic heterocycles. The molecule has 3 heteroatoms. The first-order valence-corrected chi connectivity index (χ1v) is 5.50. The maximum absolute atomic E-state index is 5.78. The summed E-state index contributed by atoms with van der Waals surface area (Å²) in [5.74, 6) is 0. The van der Waals surface area contributed by atoms with Crippen molar-refractivity contribution in [2.45, 2.75) is 44.3 Å². The van der Waals surface area contributed by atoms with Crippen LogP contribution in [-0.4, -0.2) is 39.6 Å². The molecule has 0 saturated heterocycles. The average Bonchev–Trinajstić information content (AvgIpc) is 2.25. The summed E-state index contributed by atoms with van der Waals surface area (Å²) in [5, 5.41) is 0. The van der Waals surface area contributed by atoms with Crippen molar-refractivity contribution in [3.05, 3.63) is 0 Å². The third-order valence-electron chi connectivity index (χ3n) is 2.76. The smallest absolute Gasteiger partial charge is 0.104 e. The SMILES string of the molecule is COC[C@@H](COC1CCCCC1)OC. The fourth-order valence-corrected chi connectivity index (χ4v) is 1.85. The second-order valence-electron chi connectivity index (χ2n) is 3.91. The van der Waals surface area contributed by atoms with Gasteiger partial charge in [-0.25, -0.2) is 0 Å². The first-order valence-electron chi connectivity index (χ1n) is 5.50. The van der Waals surface area contributed by atoms with Crippen LogP contribution >= 0.6 is 0 Å². The predicted molar refractivity (Wildman–Crippen MR) is 55.5 cm³/mol. The predicted octanol–water partition coefficient (Wildman–Crippen LogP) is 2.00. The van der Waals surface area contributed by atoms with Gasteiger partial charge in [0.05, 0.1) is 19.3 Å². The molecule has 0 unspecified atom stereocenters. The van der Waals surface area contributed by atoms with E-state index in [1.807, 2.05) is 0 Å². The Labute approximate surface area is 86.7 Å². The number of ether oxygens (including phenoxy) is 3. The third kappa shape index (κ3) is 4.40. The monoisotopic (exact) mass is 202 g/mol. The van der Waals surface area contributed by atoms with E-state index >= 15 is 0 Å². The van der Waals surface area contributed by atoms with Gasteiger partial charge >= 0.3 is 0 Å². The molecule has 0 radical (unpaired) electrons. The van der Waals surface area contributed by atoms with E-state index in [0.717, 1.165) is 0 Å². The zero-order valence-corrected chi connectivity index (χ0v) is 9.33. The summed E-state index contributed by atoms with van der Waals surface area (Å²) in [7, 11) is 3.39. The average molecular weight is 202 g/mol. The Hall–Kier alpha value is -0.120. The van der Waals surface area contributed by atoms with Gasteiger partial charge in [0.15, 0.2) is 0 Å². The van der Waals surface area contributed by atoms with Crippen molar-refractivity contribution >= 4 is 0 Å². The van der Waals surface area contributed by atoms with Crippen LogP contribution in [0.2, 0.25) is 0 Å². The van der Waals surface area contributed by atoms with Crippen LogP contribution in [0, 0.1) is 0 Å². The lowest BCUT2D eigenvalue weighted by molar-refractivity contribution is -0.0620. The number of methoxy groups -OCH3 is 2. The molecule has 0 N–H and O–H groups in total. The van der Waals surface area contributed by atoms with Crippen LogP contribution in [0.5, 0.6) is 0 Å². The van der Waals surface area contributed by atoms with Gasteiger partial charge in [-0.05, 0) is 12.8 Å². The van der Waals surface area contributed by atoms with Crippen LogP contribution in [0.1, 0.15) is 32.1 Å². The molecule has 1 fully saturated rings. The van der Waals surface area contributed by atoms with Crippen molar-refractivity contribution in [2.24, 2.45) is 0 Å². The van der Waals surface area contributed by atoms with Gasteiger partial charge in [0.1, 0.15) is 6.10 Å². The van der Waals surface area contributed by atoms with Gasteiger partial charge in [-0.15, -0.1) is 0 Å². The topological polar surface area (TPSA) is 27.7 Å². The molecule has 0 heterocycles. The zero-order chi connectivity index (χ0) is 10.2. The Morgan fingerprint density at radius 1 is 1.07 bits per heavy atom. The van der Waals surface area contributed by atoms with Gasteiger partial charge in [0.25, 0.3) is 0 Å². The molecule has 14 heavy (non-hydrogen) atoms. The molecule has 0 amide bonds. The van der Waals surface area contributed by atoms with Gasteiger partial charge in [-0.2, -0.15) is 0 Å². The molecule has 0 aromatic carbocycles. The molecule has 3 nitrogen and oxygen atoms in total. The molecule has 0 aromatic rings. The highest BCUT2D eigenvalue weighted by Crippen LogP contribution is 2.20. The first kappa shape index (κ1) is 12.0. The quantitative estimate of drug-likeness (QED) is 0.659. The number of hydrogen-bond donors (Lipinski definition) is 0. The minimum Gasteiger partial charge on any atom is -0.382 e. The molecule has 1 rings (SSSR count). The van der Waals surface area contributed by atoms with Crippen LogP contribution in [-0.2, 0) is 14.2 Å². The van der Waals surface area contributed by atoms with E-state index in [2.05, 4.69) is 0 Å². The molecule has 0 aliphatic heterocycles. The molecule has 0 bridgehead atoms. The molecule has 1 aliphatic carbocycles. The van der Waals surface area contributed by atoms with Gasteiger partial charge in [0.2, 0.25) is 0 Å². The summed E-state index contributed by atoms with van der Waals surface area (Å²) >= 11 is 0. The summed E-state index contributed by atoms with van der Waals surface area (Å²) < 4.78 is 16.0. The first-order chi connectivity index (χ1) is 6.86. The fraction of sp³-hybridized carbons (Fsp3) is 1.00. The lowest BCUT2D eigenvalue weighted by Gasteiger charge is -2.24. The van der Waals surface area contributed by atoms with E-state index in [1.54, 1.807) is 14.2 Å². The molecule has 1 atom stereocenters. The summed E-state index contributed by atoms with van der Waals surface area (Å²) in [6.07, 6.45) is 6.96. The van der Waals surface area contributed by atoms with Crippen molar-refractivity contribution in [2.75, 3.05) is 27.4 Å². The molecular weight excluding hydrogens is 180 g/mol. The Balaban J connectivity index is 2.10. The Morgan fingerprint density at radius 3 is 2.36 bits per heavy atom. The van der Waals surface area contributed by atoms with E-state index in [1.165, 1.54) is 32.1 Å². The van der Waals surface area contributed by atoms with Crippen LogP contribution < -0.4 is 0 Å². The Kier molecular flexibility index (Phi) is 6.15. The molecular formula is C11H22O3. The Morgan fingerprint density at radius 2 is 1.79 bits per heavy atom. The van der Waals surface area contributed by atoms with Crippen molar-refractivity contribution in [3.63, 3.8) is 0 Å². The van der Waals surface area contributed by atoms with Crippen LogP contribution in [0.25, 0.3) is 0 Å². The fourth-order valence-electron chi connectivity index (χ4n) is 1.85. The van der Waals surface area contributed by atoms with Crippen LogP contribution in [0.15, 0.2) is 0 Å². The van der Waals surface area contributed by atoms with E-state index in [9.17, 15) is 0 Å². The maximum Gasteiger partial charge on any atom is 0.104 e. The lowest BCUT2D eigenvalue weighted by Crippen LogP contribution is -2.28. The second kappa shape index (κ2) is 7.21. The van der Waals surface area contributed by atoms with Crippen molar-refractivity contribution in [1.29, 1.82) is 0 Å². The van der Waals surface area contributed by atoms with E-state index in [0.29, 0.717) is 19.3 Å². The van der Waals surface area contributed by atoms with E-state index < -0.39 is 0 Å². The van der Waals surface area contributed by atoms with Crippen molar-refractivity contribution < 1.29 is 14.2 Å². The summed E-state index contributed by atoms with van der Waals surface area (Å²) in [4.78, 5) is 0. The largest absolute Gasteiger partial charge is 0.382 e. The molecule has 0 spiro atoms. The highest BCUT2D eigenvalue weighted by Gasteiger charge is 2.16. The van der Waals surface area contributed by atoms with Crippen molar-refractivity contribution in [1.82, 2.24) is 0 Å². The van der Waals surface area contributed by atoms with Gasteiger partial charge in [0, 0.05) is 14.2 Å². The van der Waals surface area contributed by atoms with E-state index in [-0.39, 0.29) is 6.10 Å².